The smallest absolute Gasteiger partial charge is 0.245 e. The summed E-state index contributed by atoms with van der Waals surface area (Å²) in [6.45, 7) is 16.9. The third-order valence-electron chi connectivity index (χ3n) is 16.4. The second kappa shape index (κ2) is 27.5. The Morgan fingerprint density at radius 1 is 0.901 bits per heavy atom. The number of carbonyl (C=O) groups is 4. The van der Waals surface area contributed by atoms with E-state index in [1.165, 1.54) is 5.56 Å². The van der Waals surface area contributed by atoms with Crippen molar-refractivity contribution < 1.29 is 38.6 Å². The Balaban J connectivity index is 1.23. The molecular weight excluding hydrogens is 897 g/mol. The van der Waals surface area contributed by atoms with Gasteiger partial charge in [0.15, 0.2) is 0 Å². The largest absolute Gasteiger partial charge is 0.379 e. The molecule has 2 aromatic carbocycles. The Kier molecular flexibility index (Phi) is 22.5. The lowest BCUT2D eigenvalue weighted by Crippen LogP contribution is -2.60. The number of carbonyl (C=O) groups excluding carboxylic acids is 4. The number of rotatable bonds is 30. The van der Waals surface area contributed by atoms with Crippen molar-refractivity contribution in [1.29, 1.82) is 0 Å². The van der Waals surface area contributed by atoms with Gasteiger partial charge in [-0.1, -0.05) is 122 Å². The molecule has 71 heavy (non-hydrogen) atoms. The van der Waals surface area contributed by atoms with Crippen LogP contribution >= 0.6 is 0 Å². The number of nitrogens with zero attached hydrogens (tertiary/aromatic N) is 4. The number of aliphatic hydroxyl groups excluding tert-OH is 1. The van der Waals surface area contributed by atoms with Crippen LogP contribution in [0.3, 0.4) is 0 Å². The number of unbranched alkanes of at least 4 members (excludes halogenated alkanes) is 3. The van der Waals surface area contributed by atoms with Gasteiger partial charge in [0.05, 0.1) is 49.9 Å². The summed E-state index contributed by atoms with van der Waals surface area (Å²) in [7, 11) is 6.97. The van der Waals surface area contributed by atoms with E-state index in [4.69, 9.17) is 20.0 Å². The molecule has 0 radical (unpaired) electrons. The van der Waals surface area contributed by atoms with Gasteiger partial charge in [-0.15, -0.1) is 0 Å². The van der Waals surface area contributed by atoms with Gasteiger partial charge >= 0.3 is 0 Å². The number of likely N-dealkylation sites (tertiary alicyclic amines) is 1. The molecule has 0 bridgehead atoms. The molecule has 5 rings (SSSR count). The van der Waals surface area contributed by atoms with Crippen LogP contribution in [0.4, 0.5) is 0 Å². The predicted octanol–water partition coefficient (Wildman–Crippen LogP) is 7.70. The number of ether oxygens (including phenoxy) is 2. The number of hydrogen-bond acceptors (Lipinski definition) is 11. The SMILES string of the molecule is CC[C@H](C)[C@@H]([C@@H](CC(=O)N1CCC[C@H]1[C@H](OC)[C@@H](C)C(=O)CCC[C@@]1(C(O)N2Cc3ccccc3CO2)C[C@@H]1c1ccccc1)OC)N(C)C(=O)[C@@H](NC(=O)[C@H](C(C)C)N(C)CCCCCCN)C(C)C. The Labute approximate surface area is 427 Å². The molecule has 2 aromatic rings. The number of hydroxylamine groups is 2. The minimum Gasteiger partial charge on any atom is -0.379 e. The quantitative estimate of drug-likeness (QED) is 0.0657. The molecule has 2 fully saturated rings. The average molecular weight is 989 g/mol. The lowest BCUT2D eigenvalue weighted by molar-refractivity contribution is -0.280. The first-order valence-corrected chi connectivity index (χ1v) is 27.0. The summed E-state index contributed by atoms with van der Waals surface area (Å²) in [6.07, 6.45) is 6.75. The first-order valence-electron chi connectivity index (χ1n) is 27.0. The van der Waals surface area contributed by atoms with Gasteiger partial charge in [-0.25, -0.2) is 0 Å². The molecule has 0 spiro atoms. The van der Waals surface area contributed by atoms with Crippen molar-refractivity contribution in [2.45, 2.75) is 187 Å². The molecule has 3 aliphatic rings. The molecule has 1 aliphatic carbocycles. The minimum atomic E-state index is -0.842. The molecule has 14 heteroatoms. The van der Waals surface area contributed by atoms with Crippen molar-refractivity contribution in [2.24, 2.45) is 34.8 Å². The second-order valence-corrected chi connectivity index (χ2v) is 21.9. The third kappa shape index (κ3) is 14.5. The van der Waals surface area contributed by atoms with Crippen LogP contribution in [0.15, 0.2) is 54.6 Å². The van der Waals surface area contributed by atoms with Crippen LogP contribution in [0.1, 0.15) is 148 Å². The lowest BCUT2D eigenvalue weighted by Gasteiger charge is -2.41. The maximum absolute atomic E-state index is 14.6. The van der Waals surface area contributed by atoms with Crippen LogP contribution in [-0.4, -0.2) is 139 Å². The van der Waals surface area contributed by atoms with Crippen LogP contribution < -0.4 is 11.1 Å². The van der Waals surface area contributed by atoms with Gasteiger partial charge in [0.1, 0.15) is 18.1 Å². The zero-order valence-corrected chi connectivity index (χ0v) is 45.3. The van der Waals surface area contributed by atoms with Gasteiger partial charge in [-0.3, -0.25) is 28.9 Å². The fourth-order valence-corrected chi connectivity index (χ4v) is 12.0. The van der Waals surface area contributed by atoms with E-state index in [1.54, 1.807) is 31.2 Å². The Morgan fingerprint density at radius 2 is 1.58 bits per heavy atom. The highest BCUT2D eigenvalue weighted by molar-refractivity contribution is 5.90. The number of amides is 3. The second-order valence-electron chi connectivity index (χ2n) is 21.9. The Bertz CT molecular complexity index is 1990. The van der Waals surface area contributed by atoms with Gasteiger partial charge in [-0.05, 0) is 105 Å². The topological polar surface area (TPSA) is 167 Å². The summed E-state index contributed by atoms with van der Waals surface area (Å²) in [5.74, 6) is -0.925. The summed E-state index contributed by atoms with van der Waals surface area (Å²) < 4.78 is 12.3. The standard InChI is InChI=1S/C57H92N6O8/c1-12-40(6)52(61(9)55(67)50(38(2)3)59-54(66)51(39(4)5)60(8)32-21-14-13-20-31-58)48(69-10)34-49(65)62-33-23-28-46(62)53(70-11)41(7)47(64)29-22-30-57(35-45(57)42-24-16-15-17-25-42)56(68)63-36-43-26-18-19-27-44(43)37-71-63/h15-19,24-27,38-41,45-46,48,50-53,56,68H,12-14,20-23,28-37,58H2,1-11H3,(H,59,66)/t40-,41-,45+,46-,48+,50-,51-,52-,53+,56?,57+/m0/s1. The number of nitrogens with one attached hydrogen (secondary N) is 1. The number of fused-ring (bicyclic) bond motifs is 1. The molecular formula is C57H92N6O8. The van der Waals surface area contributed by atoms with E-state index < -0.39 is 47.9 Å². The maximum Gasteiger partial charge on any atom is 0.245 e. The van der Waals surface area contributed by atoms with Crippen molar-refractivity contribution in [1.82, 2.24) is 25.1 Å². The number of Topliss-reactive ketones (excluding diaryl/α,β-unsaturated/α-hetero) is 1. The lowest BCUT2D eigenvalue weighted by atomic mass is 9.86. The molecule has 0 aromatic heterocycles. The van der Waals surface area contributed by atoms with Gasteiger partial charge in [0.2, 0.25) is 17.7 Å². The summed E-state index contributed by atoms with van der Waals surface area (Å²) in [5, 5.41) is 16.9. The first-order chi connectivity index (χ1) is 34.0. The van der Waals surface area contributed by atoms with E-state index in [9.17, 15) is 24.3 Å². The van der Waals surface area contributed by atoms with Crippen molar-refractivity contribution in [2.75, 3.05) is 47.9 Å². The number of hydrogen-bond donors (Lipinski definition) is 3. The zero-order chi connectivity index (χ0) is 52.0. The van der Waals surface area contributed by atoms with Crippen LogP contribution in [-0.2, 0) is 46.6 Å². The fourth-order valence-electron chi connectivity index (χ4n) is 12.0. The highest BCUT2D eigenvalue weighted by Gasteiger charge is 2.61. The Morgan fingerprint density at radius 3 is 2.21 bits per heavy atom. The molecule has 2 heterocycles. The molecule has 4 N–H and O–H groups in total. The summed E-state index contributed by atoms with van der Waals surface area (Å²) in [6, 6.07) is 16.5. The average Bonchev–Trinajstić information content (AvgIpc) is 3.90. The molecule has 1 saturated carbocycles. The van der Waals surface area contributed by atoms with Gasteiger partial charge in [0, 0.05) is 45.6 Å². The van der Waals surface area contributed by atoms with E-state index in [-0.39, 0.29) is 59.6 Å². The van der Waals surface area contributed by atoms with Gasteiger partial charge in [0.25, 0.3) is 0 Å². The molecule has 1 saturated heterocycles. The van der Waals surface area contributed by atoms with Crippen molar-refractivity contribution in [3.05, 3.63) is 71.3 Å². The normalized spacial score (nSPS) is 22.6. The fraction of sp³-hybridized carbons (Fsp3) is 0.719. The molecule has 1 unspecified atom stereocenters. The first kappa shape index (κ1) is 58.1. The van der Waals surface area contributed by atoms with E-state index in [2.05, 4.69) is 48.3 Å². The van der Waals surface area contributed by atoms with Crippen LogP contribution in [0.5, 0.6) is 0 Å². The molecule has 14 nitrogen and oxygen atoms in total. The molecule has 11 atom stereocenters. The van der Waals surface area contributed by atoms with E-state index in [1.807, 2.05) is 76.9 Å². The van der Waals surface area contributed by atoms with Crippen LogP contribution in [0, 0.1) is 29.1 Å². The summed E-state index contributed by atoms with van der Waals surface area (Å²) in [5.41, 5.74) is 8.68. The van der Waals surface area contributed by atoms with E-state index >= 15 is 0 Å². The van der Waals surface area contributed by atoms with Gasteiger partial charge in [-0.2, -0.15) is 5.06 Å². The van der Waals surface area contributed by atoms with Gasteiger partial charge < -0.3 is 35.4 Å². The number of nitrogens with two attached hydrogens (primary N) is 1. The Hall–Kier alpha value is -3.76. The summed E-state index contributed by atoms with van der Waals surface area (Å²) >= 11 is 0. The summed E-state index contributed by atoms with van der Waals surface area (Å²) in [4.78, 5) is 69.2. The number of likely N-dealkylation sites (N-methyl/N-ethyl adjacent to an activating group) is 2. The molecule has 2 aliphatic heterocycles. The predicted molar refractivity (Wildman–Crippen MR) is 280 cm³/mol. The maximum atomic E-state index is 14.6. The van der Waals surface area contributed by atoms with Crippen molar-refractivity contribution >= 4 is 23.5 Å². The van der Waals surface area contributed by atoms with E-state index in [0.29, 0.717) is 51.9 Å². The van der Waals surface area contributed by atoms with Crippen LogP contribution in [0.25, 0.3) is 0 Å². The van der Waals surface area contributed by atoms with Crippen molar-refractivity contribution in [3.63, 3.8) is 0 Å². The highest BCUT2D eigenvalue weighted by atomic mass is 16.7. The number of ketones is 1. The number of benzene rings is 2. The number of methoxy groups -OCH3 is 2. The molecule has 3 amide bonds. The zero-order valence-electron chi connectivity index (χ0n) is 45.3. The van der Waals surface area contributed by atoms with Crippen LogP contribution in [0.2, 0.25) is 0 Å². The monoisotopic (exact) mass is 989 g/mol. The van der Waals surface area contributed by atoms with E-state index in [0.717, 1.165) is 62.6 Å². The number of aliphatic hydroxyl groups is 1. The highest BCUT2D eigenvalue weighted by Crippen LogP contribution is 2.65. The van der Waals surface area contributed by atoms with Crippen molar-refractivity contribution in [3.8, 4) is 0 Å². The third-order valence-corrected chi connectivity index (χ3v) is 16.4. The minimum absolute atomic E-state index is 0.0271. The molecule has 398 valence electrons.